The van der Waals surface area contributed by atoms with Crippen LogP contribution in [0.5, 0.6) is 11.5 Å². The van der Waals surface area contributed by atoms with E-state index in [4.69, 9.17) is 21.1 Å². The Morgan fingerprint density at radius 3 is 2.63 bits per heavy atom. The highest BCUT2D eigenvalue weighted by Crippen LogP contribution is 2.32. The van der Waals surface area contributed by atoms with Gasteiger partial charge in [0, 0.05) is 30.2 Å². The van der Waals surface area contributed by atoms with Gasteiger partial charge in [0.1, 0.15) is 16.4 Å². The van der Waals surface area contributed by atoms with Crippen molar-refractivity contribution in [2.24, 2.45) is 5.92 Å². The van der Waals surface area contributed by atoms with Crippen molar-refractivity contribution in [3.05, 3.63) is 53.1 Å². The number of amides is 1. The molecule has 0 bridgehead atoms. The molecule has 0 saturated carbocycles. The lowest BCUT2D eigenvalue weighted by Crippen LogP contribution is -2.45. The van der Waals surface area contributed by atoms with Crippen LogP contribution >= 0.6 is 11.6 Å². The third-order valence-corrected chi connectivity index (χ3v) is 7.27. The largest absolute Gasteiger partial charge is 0.496 e. The van der Waals surface area contributed by atoms with Gasteiger partial charge < -0.3 is 14.8 Å². The fraction of sp³-hybridized carbons (Fsp3) is 0.381. The summed E-state index contributed by atoms with van der Waals surface area (Å²) in [6.45, 7) is 0.762. The second kappa shape index (κ2) is 9.68. The second-order valence-electron chi connectivity index (χ2n) is 7.03. The molecule has 162 valence electrons. The van der Waals surface area contributed by atoms with E-state index < -0.39 is 15.9 Å². The van der Waals surface area contributed by atoms with Crippen molar-refractivity contribution < 1.29 is 22.7 Å². The Bertz CT molecular complexity index is 1010. The molecule has 1 atom stereocenters. The summed E-state index contributed by atoms with van der Waals surface area (Å²) in [5.41, 5.74) is 0.859. The number of carbonyl (C=O) groups excluding carboxylic acids is 1. The molecule has 1 aliphatic heterocycles. The van der Waals surface area contributed by atoms with Crippen LogP contribution in [0.25, 0.3) is 0 Å². The lowest BCUT2D eigenvalue weighted by Gasteiger charge is -2.31. The molecule has 1 N–H and O–H groups in total. The van der Waals surface area contributed by atoms with E-state index in [-0.39, 0.29) is 23.1 Å². The Labute approximate surface area is 182 Å². The lowest BCUT2D eigenvalue weighted by atomic mass is 9.98. The summed E-state index contributed by atoms with van der Waals surface area (Å²) in [6.07, 6.45) is 1.21. The molecule has 0 unspecified atom stereocenters. The van der Waals surface area contributed by atoms with Crippen LogP contribution in [-0.2, 0) is 21.4 Å². The molecule has 1 aliphatic rings. The Hall–Kier alpha value is -2.29. The molecule has 2 aromatic rings. The highest BCUT2D eigenvalue weighted by molar-refractivity contribution is 7.89. The number of carbonyl (C=O) groups is 1. The Morgan fingerprint density at radius 2 is 1.90 bits per heavy atom. The van der Waals surface area contributed by atoms with E-state index in [0.29, 0.717) is 36.7 Å². The first-order valence-corrected chi connectivity index (χ1v) is 11.4. The van der Waals surface area contributed by atoms with Gasteiger partial charge in [-0.25, -0.2) is 8.42 Å². The zero-order chi connectivity index (χ0) is 21.7. The highest BCUT2D eigenvalue weighted by Gasteiger charge is 2.35. The quantitative estimate of drug-likeness (QED) is 0.697. The molecule has 0 aromatic heterocycles. The fourth-order valence-corrected chi connectivity index (χ4v) is 5.48. The van der Waals surface area contributed by atoms with Crippen LogP contribution in [0.4, 0.5) is 0 Å². The molecule has 0 radical (unpaired) electrons. The van der Waals surface area contributed by atoms with Crippen molar-refractivity contribution in [2.45, 2.75) is 24.3 Å². The average molecular weight is 453 g/mol. The number of hydrogen-bond acceptors (Lipinski definition) is 5. The van der Waals surface area contributed by atoms with Crippen molar-refractivity contribution >= 4 is 27.5 Å². The molecule has 2 aromatic carbocycles. The number of rotatable bonds is 7. The van der Waals surface area contributed by atoms with Gasteiger partial charge in [0.05, 0.1) is 20.1 Å². The van der Waals surface area contributed by atoms with Crippen LogP contribution in [0.2, 0.25) is 5.02 Å². The number of sulfonamides is 1. The van der Waals surface area contributed by atoms with Crippen molar-refractivity contribution in [1.29, 1.82) is 0 Å². The van der Waals surface area contributed by atoms with Crippen molar-refractivity contribution in [1.82, 2.24) is 9.62 Å². The molecule has 3 rings (SSSR count). The maximum Gasteiger partial charge on any atom is 0.246 e. The summed E-state index contributed by atoms with van der Waals surface area (Å²) >= 11 is 6.01. The molecule has 7 nitrogen and oxygen atoms in total. The number of nitrogens with one attached hydrogen (secondary N) is 1. The van der Waals surface area contributed by atoms with Crippen LogP contribution in [0.15, 0.2) is 47.4 Å². The van der Waals surface area contributed by atoms with Gasteiger partial charge in [0.25, 0.3) is 0 Å². The number of benzene rings is 2. The normalized spacial score (nSPS) is 17.4. The number of nitrogens with zero attached hydrogens (tertiary/aromatic N) is 1. The lowest BCUT2D eigenvalue weighted by molar-refractivity contribution is -0.126. The minimum absolute atomic E-state index is 0.00702. The number of halogens is 1. The smallest absolute Gasteiger partial charge is 0.246 e. The Kier molecular flexibility index (Phi) is 7.23. The summed E-state index contributed by atoms with van der Waals surface area (Å²) in [5.74, 6) is 0.299. The average Bonchev–Trinajstić information content (AvgIpc) is 2.77. The molecule has 30 heavy (non-hydrogen) atoms. The van der Waals surface area contributed by atoms with Gasteiger partial charge in [-0.15, -0.1) is 0 Å². The highest BCUT2D eigenvalue weighted by atomic mass is 35.5. The van der Waals surface area contributed by atoms with E-state index in [1.165, 1.54) is 23.5 Å². The zero-order valence-corrected chi connectivity index (χ0v) is 18.5. The number of ether oxygens (including phenoxy) is 2. The minimum Gasteiger partial charge on any atom is -0.496 e. The van der Waals surface area contributed by atoms with E-state index in [9.17, 15) is 13.2 Å². The van der Waals surface area contributed by atoms with E-state index in [1.54, 1.807) is 13.2 Å². The first-order chi connectivity index (χ1) is 14.4. The SMILES string of the molecule is COc1ccccc1CNC(=O)[C@H]1CCCN(S(=O)(=O)c2cc(Cl)ccc2OC)C1. The van der Waals surface area contributed by atoms with Gasteiger partial charge in [-0.05, 0) is 37.1 Å². The van der Waals surface area contributed by atoms with E-state index >= 15 is 0 Å². The standard InChI is InChI=1S/C21H25ClN2O5S/c1-28-18-8-4-3-6-15(18)13-23-21(25)16-7-5-11-24(14-16)30(26,27)20-12-17(22)9-10-19(20)29-2/h3-4,6,8-10,12,16H,5,7,11,13-14H2,1-2H3,(H,23,25)/t16-/m0/s1. The molecule has 1 heterocycles. The fourth-order valence-electron chi connectivity index (χ4n) is 3.54. The molecular formula is C21H25ClN2O5S. The van der Waals surface area contributed by atoms with Gasteiger partial charge in [-0.2, -0.15) is 4.31 Å². The van der Waals surface area contributed by atoms with Crippen LogP contribution in [0.3, 0.4) is 0 Å². The minimum atomic E-state index is -3.85. The summed E-state index contributed by atoms with van der Waals surface area (Å²) in [7, 11) is -0.860. The molecule has 0 spiro atoms. The number of para-hydroxylation sites is 1. The van der Waals surface area contributed by atoms with E-state index in [1.807, 2.05) is 24.3 Å². The summed E-state index contributed by atoms with van der Waals surface area (Å²) < 4.78 is 38.2. The summed E-state index contributed by atoms with van der Waals surface area (Å²) in [4.78, 5) is 12.7. The zero-order valence-electron chi connectivity index (χ0n) is 16.9. The van der Waals surface area contributed by atoms with Gasteiger partial charge in [0.15, 0.2) is 0 Å². The van der Waals surface area contributed by atoms with Gasteiger partial charge in [0.2, 0.25) is 15.9 Å². The third kappa shape index (κ3) is 4.88. The Balaban J connectivity index is 1.72. The number of piperidine rings is 1. The second-order valence-corrected chi connectivity index (χ2v) is 9.37. The van der Waals surface area contributed by atoms with Crippen LogP contribution in [0, 0.1) is 5.92 Å². The van der Waals surface area contributed by atoms with Gasteiger partial charge in [-0.3, -0.25) is 4.79 Å². The first-order valence-electron chi connectivity index (χ1n) is 9.60. The van der Waals surface area contributed by atoms with Gasteiger partial charge >= 0.3 is 0 Å². The molecule has 1 fully saturated rings. The van der Waals surface area contributed by atoms with Crippen molar-refractivity contribution in [3.8, 4) is 11.5 Å². The topological polar surface area (TPSA) is 84.9 Å². The maximum absolute atomic E-state index is 13.2. The van der Waals surface area contributed by atoms with Crippen LogP contribution in [-0.4, -0.2) is 45.9 Å². The predicted octanol–water partition coefficient (Wildman–Crippen LogP) is 3.07. The summed E-state index contributed by atoms with van der Waals surface area (Å²) in [6, 6.07) is 11.9. The van der Waals surface area contributed by atoms with E-state index in [2.05, 4.69) is 5.32 Å². The molecule has 1 amide bonds. The third-order valence-electron chi connectivity index (χ3n) is 5.14. The Morgan fingerprint density at radius 1 is 1.17 bits per heavy atom. The number of methoxy groups -OCH3 is 2. The monoisotopic (exact) mass is 452 g/mol. The molecule has 1 saturated heterocycles. The molecule has 9 heteroatoms. The molecular weight excluding hydrogens is 428 g/mol. The van der Waals surface area contributed by atoms with Crippen molar-refractivity contribution in [3.63, 3.8) is 0 Å². The van der Waals surface area contributed by atoms with Crippen LogP contribution < -0.4 is 14.8 Å². The van der Waals surface area contributed by atoms with Gasteiger partial charge in [-0.1, -0.05) is 29.8 Å². The molecule has 0 aliphatic carbocycles. The summed E-state index contributed by atoms with van der Waals surface area (Å²) in [5, 5.41) is 3.20. The maximum atomic E-state index is 13.2. The predicted molar refractivity (Wildman–Crippen MR) is 114 cm³/mol. The van der Waals surface area contributed by atoms with Crippen LogP contribution in [0.1, 0.15) is 18.4 Å². The first kappa shape index (κ1) is 22.4. The van der Waals surface area contributed by atoms with E-state index in [0.717, 1.165) is 5.56 Å². The van der Waals surface area contributed by atoms with Crippen molar-refractivity contribution in [2.75, 3.05) is 27.3 Å². The number of hydrogen-bond donors (Lipinski definition) is 1.